The van der Waals surface area contributed by atoms with Crippen molar-refractivity contribution in [3.8, 4) is 0 Å². The van der Waals surface area contributed by atoms with Gasteiger partial charge in [0.25, 0.3) is 5.91 Å². The number of carbonyl (C=O) groups excluding carboxylic acids is 1. The summed E-state index contributed by atoms with van der Waals surface area (Å²) in [5.41, 5.74) is 4.16. The molecule has 0 bridgehead atoms. The minimum Gasteiger partial charge on any atom is -0.357 e. The fraction of sp³-hybridized carbons (Fsp3) is 0.462. The van der Waals surface area contributed by atoms with E-state index in [0.717, 1.165) is 63.0 Å². The van der Waals surface area contributed by atoms with Crippen molar-refractivity contribution in [2.24, 2.45) is 0 Å². The predicted molar refractivity (Wildman–Crippen MR) is 133 cm³/mol. The van der Waals surface area contributed by atoms with Crippen LogP contribution in [0.2, 0.25) is 0 Å². The Morgan fingerprint density at radius 1 is 1.15 bits per heavy atom. The quantitative estimate of drug-likeness (QED) is 0.519. The van der Waals surface area contributed by atoms with Crippen molar-refractivity contribution in [3.05, 3.63) is 59.4 Å². The molecular weight excluding hydrogens is 412 g/mol. The number of benzene rings is 1. The van der Waals surface area contributed by atoms with Crippen LogP contribution in [0, 0.1) is 0 Å². The third-order valence-electron chi connectivity index (χ3n) is 7.01. The Labute approximate surface area is 195 Å². The molecule has 2 aliphatic heterocycles. The van der Waals surface area contributed by atoms with E-state index < -0.39 is 0 Å². The fourth-order valence-corrected chi connectivity index (χ4v) is 5.05. The maximum atomic E-state index is 12.8. The molecule has 2 aromatic heterocycles. The number of hydrogen-bond acceptors (Lipinski definition) is 5. The summed E-state index contributed by atoms with van der Waals surface area (Å²) in [7, 11) is 2.17. The summed E-state index contributed by atoms with van der Waals surface area (Å²) >= 11 is 0. The smallest absolute Gasteiger partial charge is 0.256 e. The molecule has 0 aliphatic carbocycles. The topological polar surface area (TPSA) is 76.3 Å². The molecule has 7 heteroatoms. The van der Waals surface area contributed by atoms with E-state index in [1.165, 1.54) is 24.1 Å². The Morgan fingerprint density at radius 2 is 1.97 bits per heavy atom. The number of H-pyrrole nitrogens is 1. The fourth-order valence-electron chi connectivity index (χ4n) is 5.05. The number of aromatic nitrogens is 2. The van der Waals surface area contributed by atoms with Gasteiger partial charge in [-0.3, -0.25) is 9.69 Å². The number of pyridine rings is 1. The number of anilines is 1. The summed E-state index contributed by atoms with van der Waals surface area (Å²) in [5, 5.41) is 7.42. The number of rotatable bonds is 7. The van der Waals surface area contributed by atoms with Crippen LogP contribution in [0.3, 0.4) is 0 Å². The Balaban J connectivity index is 1.17. The molecule has 0 radical (unpaired) electrons. The Bertz CT molecular complexity index is 1090. The predicted octanol–water partition coefficient (Wildman–Crippen LogP) is 3.42. The minimum absolute atomic E-state index is 0.128. The SMILES string of the molecule is CN1CCC[C@@H]1c1cc2cnc(NC(=O)c3ccc(CCCN4CCNCC4)cc3)cc2[nH]1. The molecule has 4 heterocycles. The summed E-state index contributed by atoms with van der Waals surface area (Å²) in [4.78, 5) is 25.6. The minimum atomic E-state index is -0.128. The van der Waals surface area contributed by atoms with Gasteiger partial charge in [0, 0.05) is 61.1 Å². The number of piperazine rings is 1. The monoisotopic (exact) mass is 446 g/mol. The number of carbonyl (C=O) groups is 1. The Morgan fingerprint density at radius 3 is 2.73 bits per heavy atom. The molecule has 1 atom stereocenters. The molecule has 3 aromatic rings. The van der Waals surface area contributed by atoms with Crippen molar-refractivity contribution >= 4 is 22.6 Å². The number of aryl methyl sites for hydroxylation is 1. The van der Waals surface area contributed by atoms with Gasteiger partial charge < -0.3 is 20.5 Å². The highest BCUT2D eigenvalue weighted by Crippen LogP contribution is 2.32. The zero-order chi connectivity index (χ0) is 22.6. The Hall–Kier alpha value is -2.74. The van der Waals surface area contributed by atoms with E-state index in [2.05, 4.69) is 55.6 Å². The molecule has 33 heavy (non-hydrogen) atoms. The first-order valence-electron chi connectivity index (χ1n) is 12.2. The molecule has 2 aliphatic rings. The third kappa shape index (κ3) is 5.27. The highest BCUT2D eigenvalue weighted by atomic mass is 16.1. The van der Waals surface area contributed by atoms with Crippen molar-refractivity contribution in [3.63, 3.8) is 0 Å². The molecule has 2 fully saturated rings. The van der Waals surface area contributed by atoms with Gasteiger partial charge in [0.15, 0.2) is 0 Å². The molecule has 174 valence electrons. The number of fused-ring (bicyclic) bond motifs is 1. The highest BCUT2D eigenvalue weighted by molar-refractivity contribution is 6.04. The molecule has 1 amide bonds. The van der Waals surface area contributed by atoms with Crippen LogP contribution >= 0.6 is 0 Å². The van der Waals surface area contributed by atoms with E-state index in [4.69, 9.17) is 0 Å². The summed E-state index contributed by atoms with van der Waals surface area (Å²) in [6.45, 7) is 6.73. The lowest BCUT2D eigenvalue weighted by Gasteiger charge is -2.27. The van der Waals surface area contributed by atoms with Crippen LogP contribution in [0.15, 0.2) is 42.6 Å². The summed E-state index contributed by atoms with van der Waals surface area (Å²) in [6, 6.07) is 12.5. The summed E-state index contributed by atoms with van der Waals surface area (Å²) in [5.74, 6) is 0.442. The first-order valence-corrected chi connectivity index (χ1v) is 12.2. The Kier molecular flexibility index (Phi) is 6.71. The van der Waals surface area contributed by atoms with Gasteiger partial charge in [-0.2, -0.15) is 0 Å². The lowest BCUT2D eigenvalue weighted by Crippen LogP contribution is -2.43. The van der Waals surface area contributed by atoms with Gasteiger partial charge in [0.2, 0.25) is 0 Å². The van der Waals surface area contributed by atoms with Crippen LogP contribution in [-0.4, -0.2) is 72.0 Å². The van der Waals surface area contributed by atoms with Gasteiger partial charge in [-0.1, -0.05) is 12.1 Å². The average molecular weight is 447 g/mol. The van der Waals surface area contributed by atoms with Crippen LogP contribution in [0.4, 0.5) is 5.82 Å². The van der Waals surface area contributed by atoms with Crippen molar-refractivity contribution in [1.82, 2.24) is 25.1 Å². The first-order chi connectivity index (χ1) is 16.2. The van der Waals surface area contributed by atoms with Gasteiger partial charge in [0.1, 0.15) is 5.82 Å². The summed E-state index contributed by atoms with van der Waals surface area (Å²) < 4.78 is 0. The number of hydrogen-bond donors (Lipinski definition) is 3. The van der Waals surface area contributed by atoms with Crippen LogP contribution in [-0.2, 0) is 6.42 Å². The zero-order valence-electron chi connectivity index (χ0n) is 19.4. The van der Waals surface area contributed by atoms with Gasteiger partial charge in [-0.25, -0.2) is 4.98 Å². The molecule has 3 N–H and O–H groups in total. The lowest BCUT2D eigenvalue weighted by atomic mass is 10.1. The number of nitrogens with zero attached hydrogens (tertiary/aromatic N) is 3. The largest absolute Gasteiger partial charge is 0.357 e. The van der Waals surface area contributed by atoms with Crippen molar-refractivity contribution in [1.29, 1.82) is 0 Å². The molecule has 7 nitrogen and oxygen atoms in total. The molecule has 1 aromatic carbocycles. The van der Waals surface area contributed by atoms with Crippen LogP contribution in [0.1, 0.15) is 46.9 Å². The molecular formula is C26H34N6O. The third-order valence-corrected chi connectivity index (χ3v) is 7.01. The lowest BCUT2D eigenvalue weighted by molar-refractivity contribution is 0.102. The van der Waals surface area contributed by atoms with Crippen molar-refractivity contribution < 1.29 is 4.79 Å². The second-order valence-corrected chi connectivity index (χ2v) is 9.37. The van der Waals surface area contributed by atoms with E-state index >= 15 is 0 Å². The van der Waals surface area contributed by atoms with E-state index in [1.807, 2.05) is 24.4 Å². The number of aromatic amines is 1. The standard InChI is InChI=1S/C26H34N6O/c1-31-12-3-5-24(31)23-16-21-18-28-25(17-22(21)29-23)30-26(33)20-8-6-19(7-9-20)4-2-13-32-14-10-27-11-15-32/h6-9,16-18,24,27,29H,2-5,10-15H2,1H3,(H,28,30,33)/t24-/m1/s1. The number of nitrogens with one attached hydrogen (secondary N) is 3. The maximum absolute atomic E-state index is 12.8. The molecule has 5 rings (SSSR count). The highest BCUT2D eigenvalue weighted by Gasteiger charge is 2.24. The van der Waals surface area contributed by atoms with Crippen molar-refractivity contribution in [2.75, 3.05) is 51.6 Å². The van der Waals surface area contributed by atoms with E-state index in [-0.39, 0.29) is 5.91 Å². The van der Waals surface area contributed by atoms with E-state index in [0.29, 0.717) is 17.4 Å². The van der Waals surface area contributed by atoms with E-state index in [9.17, 15) is 4.79 Å². The number of likely N-dealkylation sites (tertiary alicyclic amines) is 1. The normalized spacial score (nSPS) is 19.8. The average Bonchev–Trinajstić information content (AvgIpc) is 3.45. The van der Waals surface area contributed by atoms with Crippen LogP contribution < -0.4 is 10.6 Å². The van der Waals surface area contributed by atoms with Gasteiger partial charge in [0.05, 0.1) is 5.52 Å². The van der Waals surface area contributed by atoms with E-state index in [1.54, 1.807) is 0 Å². The number of amides is 1. The zero-order valence-corrected chi connectivity index (χ0v) is 19.4. The van der Waals surface area contributed by atoms with Crippen LogP contribution in [0.5, 0.6) is 0 Å². The van der Waals surface area contributed by atoms with Gasteiger partial charge in [-0.05, 0) is 69.6 Å². The maximum Gasteiger partial charge on any atom is 0.256 e. The van der Waals surface area contributed by atoms with Crippen molar-refractivity contribution in [2.45, 2.75) is 31.7 Å². The second-order valence-electron chi connectivity index (χ2n) is 9.37. The molecule has 0 spiro atoms. The molecule has 0 saturated carbocycles. The molecule has 2 saturated heterocycles. The molecule has 0 unspecified atom stereocenters. The first kappa shape index (κ1) is 22.1. The van der Waals surface area contributed by atoms with Gasteiger partial charge >= 0.3 is 0 Å². The van der Waals surface area contributed by atoms with Gasteiger partial charge in [-0.15, -0.1) is 0 Å². The summed E-state index contributed by atoms with van der Waals surface area (Å²) in [6.07, 6.45) is 6.41. The van der Waals surface area contributed by atoms with Crippen LogP contribution in [0.25, 0.3) is 10.9 Å². The second kappa shape index (κ2) is 10.0.